The maximum absolute atomic E-state index is 10.6. The molecule has 1 atom stereocenters. The predicted octanol–water partition coefficient (Wildman–Crippen LogP) is 3.50. The molecule has 1 aliphatic heterocycles. The summed E-state index contributed by atoms with van der Waals surface area (Å²) in [5.41, 5.74) is 1.96. The van der Waals surface area contributed by atoms with Gasteiger partial charge in [-0.05, 0) is 36.8 Å². The largest absolute Gasteiger partial charge is 0.454 e. The van der Waals surface area contributed by atoms with Gasteiger partial charge in [-0.15, -0.1) is 0 Å². The Morgan fingerprint density at radius 1 is 1.14 bits per heavy atom. The minimum Gasteiger partial charge on any atom is -0.454 e. The molecule has 6 nitrogen and oxygen atoms in total. The SMILES string of the molecule is CC(Nc1ccc([N+](=O)[O-])cc1)c1ccc2c(c1)OCO2. The first-order valence-corrected chi connectivity index (χ1v) is 6.54. The van der Waals surface area contributed by atoms with Crippen LogP contribution in [0.4, 0.5) is 11.4 Å². The van der Waals surface area contributed by atoms with Gasteiger partial charge in [0.2, 0.25) is 6.79 Å². The van der Waals surface area contributed by atoms with Crippen molar-refractivity contribution >= 4 is 11.4 Å². The molecule has 3 rings (SSSR count). The van der Waals surface area contributed by atoms with Crippen LogP contribution in [0.2, 0.25) is 0 Å². The summed E-state index contributed by atoms with van der Waals surface area (Å²) in [6.45, 7) is 2.27. The van der Waals surface area contributed by atoms with Crippen LogP contribution in [0.3, 0.4) is 0 Å². The molecule has 0 saturated heterocycles. The lowest BCUT2D eigenvalue weighted by molar-refractivity contribution is -0.384. The summed E-state index contributed by atoms with van der Waals surface area (Å²) >= 11 is 0. The monoisotopic (exact) mass is 286 g/mol. The van der Waals surface area contributed by atoms with Gasteiger partial charge in [0.1, 0.15) is 0 Å². The van der Waals surface area contributed by atoms with E-state index in [0.29, 0.717) is 0 Å². The Morgan fingerprint density at radius 3 is 2.57 bits per heavy atom. The third-order valence-electron chi connectivity index (χ3n) is 3.36. The minimum atomic E-state index is -0.412. The van der Waals surface area contributed by atoms with Crippen molar-refractivity contribution in [2.24, 2.45) is 0 Å². The topological polar surface area (TPSA) is 73.6 Å². The van der Waals surface area contributed by atoms with Gasteiger partial charge in [-0.1, -0.05) is 6.07 Å². The molecule has 2 aromatic carbocycles. The van der Waals surface area contributed by atoms with E-state index in [1.54, 1.807) is 12.1 Å². The molecule has 1 aliphatic rings. The van der Waals surface area contributed by atoms with Crippen molar-refractivity contribution in [1.29, 1.82) is 0 Å². The van der Waals surface area contributed by atoms with E-state index in [-0.39, 0.29) is 18.5 Å². The molecule has 0 aromatic heterocycles. The van der Waals surface area contributed by atoms with E-state index in [4.69, 9.17) is 9.47 Å². The number of hydrogen-bond acceptors (Lipinski definition) is 5. The zero-order valence-electron chi connectivity index (χ0n) is 11.4. The summed E-state index contributed by atoms with van der Waals surface area (Å²) in [6, 6.07) is 12.2. The molecule has 21 heavy (non-hydrogen) atoms. The zero-order valence-corrected chi connectivity index (χ0v) is 11.4. The highest BCUT2D eigenvalue weighted by Gasteiger charge is 2.15. The average Bonchev–Trinajstić information content (AvgIpc) is 2.95. The van der Waals surface area contributed by atoms with Gasteiger partial charge in [0.05, 0.1) is 4.92 Å². The fourth-order valence-electron chi connectivity index (χ4n) is 2.20. The summed E-state index contributed by atoms with van der Waals surface area (Å²) < 4.78 is 10.6. The number of benzene rings is 2. The quantitative estimate of drug-likeness (QED) is 0.688. The van der Waals surface area contributed by atoms with E-state index < -0.39 is 4.92 Å². The number of nitro groups is 1. The highest BCUT2D eigenvalue weighted by molar-refractivity contribution is 5.51. The van der Waals surface area contributed by atoms with Crippen molar-refractivity contribution < 1.29 is 14.4 Å². The van der Waals surface area contributed by atoms with Gasteiger partial charge in [-0.2, -0.15) is 0 Å². The fraction of sp³-hybridized carbons (Fsp3) is 0.200. The Labute approximate surface area is 121 Å². The van der Waals surface area contributed by atoms with Crippen LogP contribution in [0.15, 0.2) is 42.5 Å². The van der Waals surface area contributed by atoms with E-state index in [0.717, 1.165) is 22.7 Å². The van der Waals surface area contributed by atoms with Gasteiger partial charge in [0.15, 0.2) is 11.5 Å². The maximum atomic E-state index is 10.6. The van der Waals surface area contributed by atoms with Crippen LogP contribution in [0, 0.1) is 10.1 Å². The number of hydrogen-bond donors (Lipinski definition) is 1. The van der Waals surface area contributed by atoms with Crippen LogP contribution >= 0.6 is 0 Å². The van der Waals surface area contributed by atoms with Gasteiger partial charge in [-0.25, -0.2) is 0 Å². The van der Waals surface area contributed by atoms with Crippen molar-refractivity contribution in [3.05, 3.63) is 58.1 Å². The van der Waals surface area contributed by atoms with Gasteiger partial charge in [0, 0.05) is 23.9 Å². The number of nitrogens with zero attached hydrogens (tertiary/aromatic N) is 1. The third-order valence-corrected chi connectivity index (χ3v) is 3.36. The molecule has 1 heterocycles. The first-order valence-electron chi connectivity index (χ1n) is 6.54. The van der Waals surface area contributed by atoms with Crippen molar-refractivity contribution in [3.8, 4) is 11.5 Å². The Kier molecular flexibility index (Phi) is 3.35. The predicted molar refractivity (Wildman–Crippen MR) is 77.7 cm³/mol. The molecule has 0 radical (unpaired) electrons. The minimum absolute atomic E-state index is 0.0426. The lowest BCUT2D eigenvalue weighted by Crippen LogP contribution is -2.06. The van der Waals surface area contributed by atoms with E-state index in [1.807, 2.05) is 25.1 Å². The van der Waals surface area contributed by atoms with Crippen molar-refractivity contribution in [2.45, 2.75) is 13.0 Å². The Morgan fingerprint density at radius 2 is 1.86 bits per heavy atom. The Hall–Kier alpha value is -2.76. The molecular formula is C15H14N2O4. The maximum Gasteiger partial charge on any atom is 0.269 e. The molecule has 108 valence electrons. The highest BCUT2D eigenvalue weighted by atomic mass is 16.7. The van der Waals surface area contributed by atoms with Crippen LogP contribution in [-0.2, 0) is 0 Å². The number of anilines is 1. The molecule has 0 amide bonds. The Balaban J connectivity index is 1.73. The lowest BCUT2D eigenvalue weighted by Gasteiger charge is -2.16. The molecular weight excluding hydrogens is 272 g/mol. The summed E-state index contributed by atoms with van der Waals surface area (Å²) in [4.78, 5) is 10.2. The van der Waals surface area contributed by atoms with Crippen LogP contribution in [0.25, 0.3) is 0 Å². The number of non-ortho nitro benzene ring substituents is 1. The molecule has 2 aromatic rings. The molecule has 1 N–H and O–H groups in total. The molecule has 1 unspecified atom stereocenters. The second kappa shape index (κ2) is 5.32. The van der Waals surface area contributed by atoms with Gasteiger partial charge >= 0.3 is 0 Å². The van der Waals surface area contributed by atoms with Crippen LogP contribution in [0.5, 0.6) is 11.5 Å². The molecule has 0 saturated carbocycles. The summed E-state index contributed by atoms with van der Waals surface area (Å²) in [5.74, 6) is 1.49. The van der Waals surface area contributed by atoms with Gasteiger partial charge in [0.25, 0.3) is 5.69 Å². The summed E-state index contributed by atoms with van der Waals surface area (Å²) in [5, 5.41) is 13.9. The van der Waals surface area contributed by atoms with Crippen molar-refractivity contribution in [1.82, 2.24) is 0 Å². The molecule has 0 bridgehead atoms. The second-order valence-electron chi connectivity index (χ2n) is 4.78. The fourth-order valence-corrected chi connectivity index (χ4v) is 2.20. The van der Waals surface area contributed by atoms with Gasteiger partial charge < -0.3 is 14.8 Å². The van der Waals surface area contributed by atoms with E-state index in [9.17, 15) is 10.1 Å². The molecule has 0 spiro atoms. The number of rotatable bonds is 4. The first-order chi connectivity index (χ1) is 10.1. The van der Waals surface area contributed by atoms with E-state index >= 15 is 0 Å². The Bertz CT molecular complexity index is 670. The molecule has 6 heteroatoms. The number of fused-ring (bicyclic) bond motifs is 1. The summed E-state index contributed by atoms with van der Waals surface area (Å²) in [6.07, 6.45) is 0. The van der Waals surface area contributed by atoms with E-state index in [1.165, 1.54) is 12.1 Å². The van der Waals surface area contributed by atoms with Crippen molar-refractivity contribution in [3.63, 3.8) is 0 Å². The number of ether oxygens (including phenoxy) is 2. The number of nitrogens with one attached hydrogen (secondary N) is 1. The van der Waals surface area contributed by atoms with E-state index in [2.05, 4.69) is 5.32 Å². The average molecular weight is 286 g/mol. The lowest BCUT2D eigenvalue weighted by atomic mass is 10.1. The van der Waals surface area contributed by atoms with Crippen LogP contribution in [0.1, 0.15) is 18.5 Å². The van der Waals surface area contributed by atoms with Crippen LogP contribution < -0.4 is 14.8 Å². The van der Waals surface area contributed by atoms with Gasteiger partial charge in [-0.3, -0.25) is 10.1 Å². The first kappa shape index (κ1) is 13.2. The second-order valence-corrected chi connectivity index (χ2v) is 4.78. The van der Waals surface area contributed by atoms with Crippen LogP contribution in [-0.4, -0.2) is 11.7 Å². The third kappa shape index (κ3) is 2.74. The standard InChI is InChI=1S/C15H14N2O4/c1-10(11-2-7-14-15(8-11)21-9-20-14)16-12-3-5-13(6-4-12)17(18)19/h2-8,10,16H,9H2,1H3. The zero-order chi connectivity index (χ0) is 14.8. The highest BCUT2D eigenvalue weighted by Crippen LogP contribution is 2.34. The smallest absolute Gasteiger partial charge is 0.269 e. The molecule has 0 fully saturated rings. The number of nitro benzene ring substituents is 1. The summed E-state index contributed by atoms with van der Waals surface area (Å²) in [7, 11) is 0. The van der Waals surface area contributed by atoms with Crippen molar-refractivity contribution in [2.75, 3.05) is 12.1 Å². The molecule has 0 aliphatic carbocycles. The normalized spacial score (nSPS) is 13.8.